The van der Waals surface area contributed by atoms with Crippen LogP contribution >= 0.6 is 15.9 Å². The van der Waals surface area contributed by atoms with Crippen LogP contribution < -0.4 is 9.46 Å². The van der Waals surface area contributed by atoms with Crippen molar-refractivity contribution in [3.05, 3.63) is 64.8 Å². The predicted molar refractivity (Wildman–Crippen MR) is 117 cm³/mol. The van der Waals surface area contributed by atoms with Crippen molar-refractivity contribution in [2.45, 2.75) is 31.3 Å². The minimum absolute atomic E-state index is 0.226. The van der Waals surface area contributed by atoms with Gasteiger partial charge in [-0.15, -0.1) is 5.10 Å². The third-order valence-corrected chi connectivity index (χ3v) is 6.77. The summed E-state index contributed by atoms with van der Waals surface area (Å²) in [4.78, 5) is 2.67. The van der Waals surface area contributed by atoms with Gasteiger partial charge in [-0.2, -0.15) is 0 Å². The minimum Gasteiger partial charge on any atom is -0.424 e. The number of benzene rings is 2. The molecule has 162 valence electrons. The van der Waals surface area contributed by atoms with Crippen LogP contribution in [0.15, 0.2) is 58.0 Å². The zero-order chi connectivity index (χ0) is 22.2. The Morgan fingerprint density at radius 1 is 1.23 bits per heavy atom. The summed E-state index contributed by atoms with van der Waals surface area (Å²) in [5.41, 5.74) is 0.915. The highest BCUT2D eigenvalue weighted by atomic mass is 79.9. The molecule has 0 aliphatic carbocycles. The summed E-state index contributed by atoms with van der Waals surface area (Å²) in [6.07, 6.45) is 1.84. The average molecular weight is 508 g/mol. The van der Waals surface area contributed by atoms with Crippen LogP contribution in [0.4, 0.5) is 4.39 Å². The van der Waals surface area contributed by atoms with E-state index in [4.69, 9.17) is 4.74 Å². The molecule has 1 atom stereocenters. The molecule has 0 aliphatic rings. The second-order valence-electron chi connectivity index (χ2n) is 6.83. The number of hydrogen-bond acceptors (Lipinski definition) is 5. The molecular formula is C20H19BrFN5O3S. The standard InChI is InChI=1S/C20H19BrFN5O3S/c1-3-27-19(12(2)26-31(28,29)18-7-5-14(21)10-16(18)22)24-25-20(27)30-15-6-4-13-8-9-23-17(13)11-15/h4-12,23,26H,3H2,1-2H3/t12-/m1/s1. The van der Waals surface area contributed by atoms with Gasteiger partial charge in [0, 0.05) is 28.8 Å². The Labute approximate surface area is 186 Å². The molecule has 0 amide bonds. The Morgan fingerprint density at radius 2 is 2.03 bits per heavy atom. The van der Waals surface area contributed by atoms with Crippen molar-refractivity contribution in [3.63, 3.8) is 0 Å². The number of hydrogen-bond donors (Lipinski definition) is 2. The first-order valence-electron chi connectivity index (χ1n) is 9.44. The number of aromatic amines is 1. The van der Waals surface area contributed by atoms with Crippen LogP contribution in [0.25, 0.3) is 10.9 Å². The molecule has 0 fully saturated rings. The van der Waals surface area contributed by atoms with Crippen molar-refractivity contribution in [2.24, 2.45) is 0 Å². The lowest BCUT2D eigenvalue weighted by Crippen LogP contribution is -2.29. The molecule has 4 rings (SSSR count). The van der Waals surface area contributed by atoms with Crippen molar-refractivity contribution in [3.8, 4) is 11.8 Å². The first kappa shape index (κ1) is 21.5. The van der Waals surface area contributed by atoms with Crippen LogP contribution in [-0.2, 0) is 16.6 Å². The van der Waals surface area contributed by atoms with Gasteiger partial charge in [-0.05, 0) is 55.6 Å². The Balaban J connectivity index is 1.58. The Morgan fingerprint density at radius 3 is 2.77 bits per heavy atom. The van der Waals surface area contributed by atoms with E-state index in [1.165, 1.54) is 12.1 Å². The van der Waals surface area contributed by atoms with Crippen LogP contribution in [0.2, 0.25) is 0 Å². The van der Waals surface area contributed by atoms with Gasteiger partial charge in [0.2, 0.25) is 10.0 Å². The van der Waals surface area contributed by atoms with Crippen molar-refractivity contribution >= 4 is 36.9 Å². The first-order chi connectivity index (χ1) is 14.8. The molecule has 2 N–H and O–H groups in total. The van der Waals surface area contributed by atoms with Gasteiger partial charge in [-0.3, -0.25) is 4.57 Å². The second kappa shape index (κ2) is 8.40. The molecule has 0 radical (unpaired) electrons. The predicted octanol–water partition coefficient (Wildman–Crippen LogP) is 4.51. The SMILES string of the molecule is CCn1c(Oc2ccc3cc[nH]c3c2)nnc1[C@@H](C)NS(=O)(=O)c1ccc(Br)cc1F. The van der Waals surface area contributed by atoms with E-state index in [9.17, 15) is 12.8 Å². The molecule has 31 heavy (non-hydrogen) atoms. The van der Waals surface area contributed by atoms with Crippen molar-refractivity contribution in [1.29, 1.82) is 0 Å². The van der Waals surface area contributed by atoms with Crippen molar-refractivity contribution in [2.75, 3.05) is 0 Å². The molecule has 0 bridgehead atoms. The number of halogens is 2. The molecular weight excluding hydrogens is 489 g/mol. The van der Waals surface area contributed by atoms with Gasteiger partial charge < -0.3 is 9.72 Å². The summed E-state index contributed by atoms with van der Waals surface area (Å²) in [5.74, 6) is 0.0584. The molecule has 2 heterocycles. The molecule has 0 saturated carbocycles. The van der Waals surface area contributed by atoms with E-state index in [2.05, 4.69) is 35.8 Å². The van der Waals surface area contributed by atoms with Gasteiger partial charge in [0.25, 0.3) is 0 Å². The smallest absolute Gasteiger partial charge is 0.322 e. The third kappa shape index (κ3) is 4.34. The fourth-order valence-electron chi connectivity index (χ4n) is 3.23. The van der Waals surface area contributed by atoms with Crippen molar-refractivity contribution < 1.29 is 17.5 Å². The molecule has 4 aromatic rings. The van der Waals surface area contributed by atoms with E-state index in [-0.39, 0.29) is 6.01 Å². The van der Waals surface area contributed by atoms with E-state index in [1.807, 2.05) is 37.4 Å². The fraction of sp³-hybridized carbons (Fsp3) is 0.200. The van der Waals surface area contributed by atoms with E-state index in [1.54, 1.807) is 11.5 Å². The van der Waals surface area contributed by atoms with Gasteiger partial charge in [-0.1, -0.05) is 21.0 Å². The van der Waals surface area contributed by atoms with Gasteiger partial charge in [0.15, 0.2) is 5.82 Å². The molecule has 11 heteroatoms. The largest absolute Gasteiger partial charge is 0.424 e. The highest BCUT2D eigenvalue weighted by Crippen LogP contribution is 2.27. The summed E-state index contributed by atoms with van der Waals surface area (Å²) >= 11 is 3.12. The van der Waals surface area contributed by atoms with Crippen LogP contribution in [0.1, 0.15) is 25.7 Å². The van der Waals surface area contributed by atoms with Gasteiger partial charge in [0.05, 0.1) is 6.04 Å². The van der Waals surface area contributed by atoms with E-state index in [0.717, 1.165) is 17.0 Å². The highest BCUT2D eigenvalue weighted by Gasteiger charge is 2.26. The third-order valence-electron chi connectivity index (χ3n) is 4.70. The lowest BCUT2D eigenvalue weighted by atomic mass is 10.2. The molecule has 2 aromatic carbocycles. The zero-order valence-corrected chi connectivity index (χ0v) is 19.0. The van der Waals surface area contributed by atoms with Crippen molar-refractivity contribution in [1.82, 2.24) is 24.5 Å². The number of sulfonamides is 1. The summed E-state index contributed by atoms with van der Waals surface area (Å²) in [7, 11) is -4.12. The number of nitrogens with zero attached hydrogens (tertiary/aromatic N) is 3. The van der Waals surface area contributed by atoms with Crippen LogP contribution in [0, 0.1) is 5.82 Å². The van der Waals surface area contributed by atoms with Gasteiger partial charge in [0.1, 0.15) is 16.5 Å². The average Bonchev–Trinajstić information content (AvgIpc) is 3.33. The summed E-state index contributed by atoms with van der Waals surface area (Å²) in [6, 6.07) is 10.7. The number of H-pyrrole nitrogens is 1. The van der Waals surface area contributed by atoms with Crippen LogP contribution in [0.5, 0.6) is 11.8 Å². The summed E-state index contributed by atoms with van der Waals surface area (Å²) < 4.78 is 50.0. The highest BCUT2D eigenvalue weighted by molar-refractivity contribution is 9.10. The lowest BCUT2D eigenvalue weighted by Gasteiger charge is -2.15. The molecule has 2 aromatic heterocycles. The van der Waals surface area contributed by atoms with Crippen LogP contribution in [0.3, 0.4) is 0 Å². The van der Waals surface area contributed by atoms with E-state index >= 15 is 0 Å². The Bertz CT molecular complexity index is 1350. The number of fused-ring (bicyclic) bond motifs is 1. The number of rotatable bonds is 7. The van der Waals surface area contributed by atoms with E-state index < -0.39 is 26.8 Å². The normalized spacial score (nSPS) is 12.9. The Hall–Kier alpha value is -2.76. The minimum atomic E-state index is -4.12. The maximum absolute atomic E-state index is 14.2. The maximum Gasteiger partial charge on any atom is 0.322 e. The fourth-order valence-corrected chi connectivity index (χ4v) is 4.82. The number of nitrogens with one attached hydrogen (secondary N) is 2. The number of aromatic nitrogens is 4. The second-order valence-corrected chi connectivity index (χ2v) is 9.43. The molecule has 0 aliphatic heterocycles. The zero-order valence-electron chi connectivity index (χ0n) is 16.6. The molecule has 8 nitrogen and oxygen atoms in total. The Kier molecular flexibility index (Phi) is 5.82. The van der Waals surface area contributed by atoms with Crippen LogP contribution in [-0.4, -0.2) is 28.2 Å². The van der Waals surface area contributed by atoms with Gasteiger partial charge in [-0.25, -0.2) is 17.5 Å². The van der Waals surface area contributed by atoms with Gasteiger partial charge >= 0.3 is 6.01 Å². The summed E-state index contributed by atoms with van der Waals surface area (Å²) in [5, 5.41) is 9.22. The number of ether oxygens (including phenoxy) is 1. The van der Waals surface area contributed by atoms with E-state index in [0.29, 0.717) is 22.6 Å². The monoisotopic (exact) mass is 507 g/mol. The molecule has 0 spiro atoms. The summed E-state index contributed by atoms with van der Waals surface area (Å²) in [6.45, 7) is 3.92. The quantitative estimate of drug-likeness (QED) is 0.383. The maximum atomic E-state index is 14.2. The molecule has 0 saturated heterocycles. The molecule has 0 unspecified atom stereocenters. The first-order valence-corrected chi connectivity index (χ1v) is 11.7. The lowest BCUT2D eigenvalue weighted by molar-refractivity contribution is 0.408. The topological polar surface area (TPSA) is 102 Å².